The number of Topliss-reactive ketones (excluding diaryl/α,β-unsaturated/α-hetero) is 1. The van der Waals surface area contributed by atoms with E-state index in [0.717, 1.165) is 4.88 Å². The van der Waals surface area contributed by atoms with Crippen molar-refractivity contribution in [1.82, 2.24) is 14.2 Å². The summed E-state index contributed by atoms with van der Waals surface area (Å²) in [6, 6.07) is 3.59. The Bertz CT molecular complexity index is 433. The molecule has 0 fully saturated rings. The molecule has 0 saturated heterocycles. The largest absolute Gasteiger partial charge is 0.292 e. The minimum atomic E-state index is 0.0780. The number of carbonyl (C=O) groups excluding carboxylic acids is 1. The van der Waals surface area contributed by atoms with Gasteiger partial charge in [0.1, 0.15) is 5.69 Å². The molecule has 0 spiro atoms. The van der Waals surface area contributed by atoms with Crippen LogP contribution in [0.4, 0.5) is 0 Å². The zero-order chi connectivity index (χ0) is 9.97. The van der Waals surface area contributed by atoms with Gasteiger partial charge in [0.05, 0.1) is 0 Å². The number of nitrogens with zero attached hydrogens (tertiary/aromatic N) is 3. The molecule has 4 nitrogen and oxygen atoms in total. The molecule has 0 aliphatic heterocycles. The van der Waals surface area contributed by atoms with E-state index in [1.165, 1.54) is 11.5 Å². The summed E-state index contributed by atoms with van der Waals surface area (Å²) in [4.78, 5) is 12.7. The van der Waals surface area contributed by atoms with Crippen molar-refractivity contribution in [2.45, 2.75) is 6.42 Å². The van der Waals surface area contributed by atoms with Gasteiger partial charge in [0.2, 0.25) is 0 Å². The highest BCUT2D eigenvalue weighted by molar-refractivity contribution is 7.05. The highest BCUT2D eigenvalue weighted by atomic mass is 32.1. The molecule has 0 saturated carbocycles. The summed E-state index contributed by atoms with van der Waals surface area (Å²) < 4.78 is 5.53. The van der Waals surface area contributed by atoms with Crippen LogP contribution < -0.4 is 0 Å². The van der Waals surface area contributed by atoms with Gasteiger partial charge in [-0.3, -0.25) is 9.48 Å². The Morgan fingerprint density at radius 1 is 1.50 bits per heavy atom. The van der Waals surface area contributed by atoms with Gasteiger partial charge in [-0.05, 0) is 23.7 Å². The first-order chi connectivity index (χ1) is 6.77. The van der Waals surface area contributed by atoms with Crippen LogP contribution in [0.25, 0.3) is 0 Å². The van der Waals surface area contributed by atoms with Crippen LogP contribution in [0.15, 0.2) is 24.5 Å². The van der Waals surface area contributed by atoms with Gasteiger partial charge < -0.3 is 0 Å². The van der Waals surface area contributed by atoms with Crippen molar-refractivity contribution in [3.05, 3.63) is 35.1 Å². The van der Waals surface area contributed by atoms with Crippen molar-refractivity contribution < 1.29 is 4.79 Å². The third-order valence-electron chi connectivity index (χ3n) is 1.93. The van der Waals surface area contributed by atoms with Crippen LogP contribution in [0.1, 0.15) is 15.4 Å². The Hall–Kier alpha value is -1.49. The van der Waals surface area contributed by atoms with Gasteiger partial charge in [-0.25, -0.2) is 4.37 Å². The molecule has 2 aromatic heterocycles. The van der Waals surface area contributed by atoms with Gasteiger partial charge in [0.25, 0.3) is 0 Å². The van der Waals surface area contributed by atoms with Crippen molar-refractivity contribution in [1.29, 1.82) is 0 Å². The molecule has 2 heterocycles. The minimum absolute atomic E-state index is 0.0780. The normalized spacial score (nSPS) is 10.4. The molecule has 0 unspecified atom stereocenters. The van der Waals surface area contributed by atoms with Crippen molar-refractivity contribution in [2.75, 3.05) is 0 Å². The summed E-state index contributed by atoms with van der Waals surface area (Å²) in [5.41, 5.74) is 0.637. The van der Waals surface area contributed by atoms with Crippen LogP contribution in [-0.2, 0) is 13.5 Å². The van der Waals surface area contributed by atoms with Crippen molar-refractivity contribution in [2.24, 2.45) is 7.05 Å². The molecule has 0 bridgehead atoms. The molecular formula is C9H9N3OS. The maximum Gasteiger partial charge on any atom is 0.186 e. The van der Waals surface area contributed by atoms with Gasteiger partial charge in [0.15, 0.2) is 5.78 Å². The number of hydrogen-bond donors (Lipinski definition) is 0. The zero-order valence-corrected chi connectivity index (χ0v) is 8.49. The smallest absolute Gasteiger partial charge is 0.186 e. The average Bonchev–Trinajstić information content (AvgIpc) is 2.75. The van der Waals surface area contributed by atoms with E-state index in [2.05, 4.69) is 9.47 Å². The number of ketones is 1. The highest BCUT2D eigenvalue weighted by Crippen LogP contribution is 2.09. The lowest BCUT2D eigenvalue weighted by Crippen LogP contribution is -2.08. The number of hydrogen-bond acceptors (Lipinski definition) is 4. The van der Waals surface area contributed by atoms with Crippen LogP contribution >= 0.6 is 11.5 Å². The molecule has 2 rings (SSSR count). The predicted molar refractivity (Wildman–Crippen MR) is 53.4 cm³/mol. The van der Waals surface area contributed by atoms with Gasteiger partial charge >= 0.3 is 0 Å². The zero-order valence-electron chi connectivity index (χ0n) is 7.67. The molecule has 0 N–H and O–H groups in total. The van der Waals surface area contributed by atoms with E-state index in [9.17, 15) is 4.79 Å². The minimum Gasteiger partial charge on any atom is -0.292 e. The summed E-state index contributed by atoms with van der Waals surface area (Å²) in [5, 5.41) is 3.95. The molecule has 5 heteroatoms. The Morgan fingerprint density at radius 3 is 2.93 bits per heavy atom. The molecule has 72 valence electrons. The second kappa shape index (κ2) is 3.71. The van der Waals surface area contributed by atoms with Crippen LogP contribution in [0.2, 0.25) is 0 Å². The van der Waals surface area contributed by atoms with Crippen LogP contribution in [0.3, 0.4) is 0 Å². The summed E-state index contributed by atoms with van der Waals surface area (Å²) in [7, 11) is 1.76. The van der Waals surface area contributed by atoms with E-state index in [1.54, 1.807) is 30.2 Å². The van der Waals surface area contributed by atoms with Crippen LogP contribution in [0.5, 0.6) is 0 Å². The van der Waals surface area contributed by atoms with E-state index in [0.29, 0.717) is 12.1 Å². The van der Waals surface area contributed by atoms with Crippen molar-refractivity contribution in [3.63, 3.8) is 0 Å². The second-order valence-corrected chi connectivity index (χ2v) is 3.84. The lowest BCUT2D eigenvalue weighted by Gasteiger charge is -1.98. The topological polar surface area (TPSA) is 47.8 Å². The molecule has 2 aromatic rings. The van der Waals surface area contributed by atoms with Gasteiger partial charge in [-0.2, -0.15) is 5.10 Å². The fraction of sp³-hybridized carbons (Fsp3) is 0.222. The Kier molecular flexibility index (Phi) is 2.41. The molecule has 0 amide bonds. The van der Waals surface area contributed by atoms with Gasteiger partial charge in [-0.1, -0.05) is 0 Å². The van der Waals surface area contributed by atoms with Crippen molar-refractivity contribution >= 4 is 17.3 Å². The van der Waals surface area contributed by atoms with E-state index >= 15 is 0 Å². The first-order valence-corrected chi connectivity index (χ1v) is 4.95. The lowest BCUT2D eigenvalue weighted by atomic mass is 10.2. The summed E-state index contributed by atoms with van der Waals surface area (Å²) in [6.45, 7) is 0. The highest BCUT2D eigenvalue weighted by Gasteiger charge is 2.11. The Labute approximate surface area is 85.4 Å². The van der Waals surface area contributed by atoms with E-state index in [4.69, 9.17) is 0 Å². The lowest BCUT2D eigenvalue weighted by molar-refractivity contribution is 0.0985. The van der Waals surface area contributed by atoms with Crippen LogP contribution in [0, 0.1) is 0 Å². The number of aryl methyl sites for hydroxylation is 1. The Balaban J connectivity index is 2.14. The van der Waals surface area contributed by atoms with Crippen LogP contribution in [-0.4, -0.2) is 19.9 Å². The molecule has 0 aromatic carbocycles. The van der Waals surface area contributed by atoms with Gasteiger partial charge in [-0.15, -0.1) is 0 Å². The predicted octanol–water partition coefficient (Wildman–Crippen LogP) is 1.30. The molecule has 0 aliphatic carbocycles. The fourth-order valence-corrected chi connectivity index (χ4v) is 1.80. The standard InChI is InChI=1S/C9H9N3OS/c1-12-8(3-4-10-12)9(13)6-7-2-5-11-14-7/h2-5H,6H2,1H3. The maximum absolute atomic E-state index is 11.7. The first-order valence-electron chi connectivity index (χ1n) is 4.18. The summed E-state index contributed by atoms with van der Waals surface area (Å²) >= 11 is 1.35. The summed E-state index contributed by atoms with van der Waals surface area (Å²) in [5.74, 6) is 0.0780. The molecule has 14 heavy (non-hydrogen) atoms. The quantitative estimate of drug-likeness (QED) is 0.713. The molecule has 0 aliphatic rings. The van der Waals surface area contributed by atoms with Gasteiger partial charge in [0, 0.05) is 30.7 Å². The third-order valence-corrected chi connectivity index (χ3v) is 2.67. The second-order valence-electron chi connectivity index (χ2n) is 2.92. The monoisotopic (exact) mass is 207 g/mol. The average molecular weight is 207 g/mol. The fourth-order valence-electron chi connectivity index (χ4n) is 1.23. The Morgan fingerprint density at radius 2 is 2.36 bits per heavy atom. The van der Waals surface area contributed by atoms with E-state index in [1.807, 2.05) is 6.07 Å². The third kappa shape index (κ3) is 1.72. The number of carbonyl (C=O) groups is 1. The number of aromatic nitrogens is 3. The SMILES string of the molecule is Cn1nccc1C(=O)Cc1ccns1. The molecular weight excluding hydrogens is 198 g/mol. The molecule has 0 atom stereocenters. The van der Waals surface area contributed by atoms with Crippen molar-refractivity contribution in [3.8, 4) is 0 Å². The first kappa shape index (κ1) is 9.08. The maximum atomic E-state index is 11.7. The van der Waals surface area contributed by atoms with E-state index < -0.39 is 0 Å². The van der Waals surface area contributed by atoms with E-state index in [-0.39, 0.29) is 5.78 Å². The summed E-state index contributed by atoms with van der Waals surface area (Å²) in [6.07, 6.45) is 3.74. The molecule has 0 radical (unpaired) electrons. The number of rotatable bonds is 3.